The highest BCUT2D eigenvalue weighted by Gasteiger charge is 2.11. The Bertz CT molecular complexity index is 724. The molecule has 7 heteroatoms. The molecule has 0 bridgehead atoms. The second-order valence-electron chi connectivity index (χ2n) is 5.41. The van der Waals surface area contributed by atoms with Gasteiger partial charge in [0, 0.05) is 18.0 Å². The van der Waals surface area contributed by atoms with Gasteiger partial charge < -0.3 is 15.2 Å². The maximum absolute atomic E-state index is 11.9. The zero-order valence-corrected chi connectivity index (χ0v) is 15.6. The predicted octanol–water partition coefficient (Wildman–Crippen LogP) is 4.14. The van der Waals surface area contributed by atoms with E-state index >= 15 is 0 Å². The molecule has 0 saturated heterocycles. The lowest BCUT2D eigenvalue weighted by Gasteiger charge is -2.14. The van der Waals surface area contributed by atoms with Crippen LogP contribution in [0.4, 0.5) is 0 Å². The molecule has 2 aromatic rings. The van der Waals surface area contributed by atoms with Crippen molar-refractivity contribution in [2.75, 3.05) is 13.2 Å². The molecule has 0 heterocycles. The van der Waals surface area contributed by atoms with E-state index in [9.17, 15) is 9.90 Å². The van der Waals surface area contributed by atoms with Gasteiger partial charge in [0.1, 0.15) is 23.5 Å². The first-order valence-electron chi connectivity index (χ1n) is 7.72. The zero-order chi connectivity index (χ0) is 18.2. The molecule has 25 heavy (non-hydrogen) atoms. The van der Waals surface area contributed by atoms with Crippen LogP contribution in [0.3, 0.4) is 0 Å². The fraction of sp³-hybridized carbons (Fsp3) is 0.278. The van der Waals surface area contributed by atoms with Crippen LogP contribution in [0, 0.1) is 0 Å². The van der Waals surface area contributed by atoms with Crippen molar-refractivity contribution in [1.82, 2.24) is 5.32 Å². The van der Waals surface area contributed by atoms with Crippen molar-refractivity contribution in [3.8, 4) is 5.75 Å². The molecule has 1 amide bonds. The van der Waals surface area contributed by atoms with E-state index in [2.05, 4.69) is 5.32 Å². The highest BCUT2D eigenvalue weighted by Crippen LogP contribution is 2.31. The zero-order valence-electron chi connectivity index (χ0n) is 13.3. The van der Waals surface area contributed by atoms with Crippen LogP contribution in [0.5, 0.6) is 5.75 Å². The Morgan fingerprint density at radius 2 is 1.80 bits per heavy atom. The minimum Gasteiger partial charge on any atom is -0.489 e. The first-order valence-corrected chi connectivity index (χ1v) is 8.85. The van der Waals surface area contributed by atoms with E-state index in [0.29, 0.717) is 27.2 Å². The minimum atomic E-state index is -0.862. The average Bonchev–Trinajstić information content (AvgIpc) is 2.60. The molecular formula is C18H18Cl3NO3. The monoisotopic (exact) mass is 401 g/mol. The molecule has 2 aromatic carbocycles. The van der Waals surface area contributed by atoms with Crippen LogP contribution in [0.15, 0.2) is 42.5 Å². The van der Waals surface area contributed by atoms with Gasteiger partial charge in [0.05, 0.1) is 5.02 Å². The molecule has 2 rings (SSSR count). The van der Waals surface area contributed by atoms with Crippen LogP contribution in [0.25, 0.3) is 0 Å². The summed E-state index contributed by atoms with van der Waals surface area (Å²) in [5, 5.41) is 13.9. The number of hydrogen-bond donors (Lipinski definition) is 2. The van der Waals surface area contributed by atoms with Crippen molar-refractivity contribution in [2.24, 2.45) is 0 Å². The molecule has 0 aliphatic carbocycles. The Morgan fingerprint density at radius 3 is 2.56 bits per heavy atom. The fourth-order valence-corrected chi connectivity index (χ4v) is 2.69. The Balaban J connectivity index is 1.70. The second-order valence-corrected chi connectivity index (χ2v) is 6.60. The van der Waals surface area contributed by atoms with Crippen LogP contribution in [-0.4, -0.2) is 30.3 Å². The van der Waals surface area contributed by atoms with E-state index in [4.69, 9.17) is 39.5 Å². The number of carbonyl (C=O) groups excluding carboxylic acids is 1. The Hall–Kier alpha value is -1.46. The molecule has 0 radical (unpaired) electrons. The molecule has 1 atom stereocenters. The molecule has 0 aliphatic rings. The summed E-state index contributed by atoms with van der Waals surface area (Å²) in [7, 11) is 0. The highest BCUT2D eigenvalue weighted by molar-refractivity contribution is 6.42. The summed E-state index contributed by atoms with van der Waals surface area (Å²) in [5.41, 5.74) is 0.916. The van der Waals surface area contributed by atoms with Crippen LogP contribution >= 0.6 is 34.8 Å². The lowest BCUT2D eigenvalue weighted by atomic mass is 10.1. The molecule has 2 N–H and O–H groups in total. The first-order chi connectivity index (χ1) is 12.0. The number of hydrogen-bond acceptors (Lipinski definition) is 3. The van der Waals surface area contributed by atoms with E-state index < -0.39 is 6.10 Å². The number of halogens is 3. The summed E-state index contributed by atoms with van der Waals surface area (Å²) >= 11 is 17.9. The van der Waals surface area contributed by atoms with Gasteiger partial charge in [0.2, 0.25) is 5.91 Å². The van der Waals surface area contributed by atoms with Gasteiger partial charge in [-0.3, -0.25) is 4.79 Å². The van der Waals surface area contributed by atoms with Crippen LogP contribution < -0.4 is 10.1 Å². The number of aliphatic hydroxyl groups excluding tert-OH is 1. The van der Waals surface area contributed by atoms with E-state index in [1.165, 1.54) is 0 Å². The number of benzene rings is 2. The third-order valence-electron chi connectivity index (χ3n) is 3.46. The number of nitrogens with one attached hydrogen (secondary N) is 1. The smallest absolute Gasteiger partial charge is 0.220 e. The number of aliphatic hydroxyl groups is 1. The van der Waals surface area contributed by atoms with E-state index in [0.717, 1.165) is 5.56 Å². The number of ether oxygens (including phenoxy) is 1. The largest absolute Gasteiger partial charge is 0.489 e. The highest BCUT2D eigenvalue weighted by atomic mass is 35.5. The summed E-state index contributed by atoms with van der Waals surface area (Å²) in [6, 6.07) is 12.4. The van der Waals surface area contributed by atoms with Crippen molar-refractivity contribution in [3.63, 3.8) is 0 Å². The van der Waals surface area contributed by atoms with Gasteiger partial charge in [-0.15, -0.1) is 0 Å². The van der Waals surface area contributed by atoms with Gasteiger partial charge >= 0.3 is 0 Å². The normalized spacial score (nSPS) is 11.8. The summed E-state index contributed by atoms with van der Waals surface area (Å²) in [4.78, 5) is 11.9. The summed E-state index contributed by atoms with van der Waals surface area (Å²) in [5.74, 6) is 0.220. The number of rotatable bonds is 8. The minimum absolute atomic E-state index is 0.00907. The fourth-order valence-electron chi connectivity index (χ4n) is 2.11. The van der Waals surface area contributed by atoms with Crippen LogP contribution in [-0.2, 0) is 11.2 Å². The molecule has 4 nitrogen and oxygen atoms in total. The molecule has 0 saturated carbocycles. The quantitative estimate of drug-likeness (QED) is 0.698. The third-order valence-corrected chi connectivity index (χ3v) is 4.63. The topological polar surface area (TPSA) is 58.6 Å². The van der Waals surface area contributed by atoms with Gasteiger partial charge in [0.25, 0.3) is 0 Å². The average molecular weight is 403 g/mol. The van der Waals surface area contributed by atoms with Gasteiger partial charge in [0.15, 0.2) is 0 Å². The van der Waals surface area contributed by atoms with Gasteiger partial charge in [-0.1, -0.05) is 59.1 Å². The predicted molar refractivity (Wildman–Crippen MR) is 101 cm³/mol. The van der Waals surface area contributed by atoms with Crippen molar-refractivity contribution in [1.29, 1.82) is 0 Å². The van der Waals surface area contributed by atoms with Crippen molar-refractivity contribution < 1.29 is 14.6 Å². The van der Waals surface area contributed by atoms with Gasteiger partial charge in [-0.2, -0.15) is 0 Å². The molecule has 0 fully saturated rings. The first kappa shape index (κ1) is 19.9. The number of aryl methyl sites for hydroxylation is 1. The molecule has 1 unspecified atom stereocenters. The Kier molecular flexibility index (Phi) is 7.85. The lowest BCUT2D eigenvalue weighted by molar-refractivity contribution is -0.121. The SMILES string of the molecule is O=C(CCc1ccccc1Cl)NCC(O)COc1cccc(Cl)c1Cl. The Labute approximate surface area is 161 Å². The van der Waals surface area contributed by atoms with E-state index in [-0.39, 0.29) is 25.5 Å². The van der Waals surface area contributed by atoms with Crippen molar-refractivity contribution in [3.05, 3.63) is 63.1 Å². The molecule has 0 spiro atoms. The number of amides is 1. The van der Waals surface area contributed by atoms with E-state index in [1.807, 2.05) is 18.2 Å². The molecular weight excluding hydrogens is 385 g/mol. The molecule has 0 aliphatic heterocycles. The molecule has 134 valence electrons. The summed E-state index contributed by atoms with van der Waals surface area (Å²) in [6.07, 6.45) is -0.0347. The van der Waals surface area contributed by atoms with Crippen molar-refractivity contribution in [2.45, 2.75) is 18.9 Å². The summed E-state index contributed by atoms with van der Waals surface area (Å²) < 4.78 is 5.42. The van der Waals surface area contributed by atoms with Gasteiger partial charge in [-0.25, -0.2) is 0 Å². The lowest BCUT2D eigenvalue weighted by Crippen LogP contribution is -2.35. The second kappa shape index (κ2) is 9.88. The third kappa shape index (κ3) is 6.40. The van der Waals surface area contributed by atoms with Crippen LogP contribution in [0.2, 0.25) is 15.1 Å². The number of carbonyl (C=O) groups is 1. The van der Waals surface area contributed by atoms with Gasteiger partial charge in [-0.05, 0) is 30.2 Å². The summed E-state index contributed by atoms with van der Waals surface area (Å²) in [6.45, 7) is 0.0738. The maximum atomic E-state index is 11.9. The van der Waals surface area contributed by atoms with E-state index in [1.54, 1.807) is 24.3 Å². The standard InChI is InChI=1S/C18H18Cl3NO3/c19-14-5-2-1-4-12(14)8-9-17(24)22-10-13(23)11-25-16-7-3-6-15(20)18(16)21/h1-7,13,23H,8-11H2,(H,22,24). The molecule has 0 aromatic heterocycles. The maximum Gasteiger partial charge on any atom is 0.220 e. The van der Waals surface area contributed by atoms with Crippen molar-refractivity contribution >= 4 is 40.7 Å². The van der Waals surface area contributed by atoms with Crippen LogP contribution in [0.1, 0.15) is 12.0 Å². The Morgan fingerprint density at radius 1 is 1.08 bits per heavy atom.